The fourth-order valence-corrected chi connectivity index (χ4v) is 2.76. The number of para-hydroxylation sites is 1. The maximum Gasteiger partial charge on any atom is 0.252 e. The van der Waals surface area contributed by atoms with E-state index >= 15 is 0 Å². The van der Waals surface area contributed by atoms with Crippen LogP contribution in [0.5, 0.6) is 0 Å². The van der Waals surface area contributed by atoms with Gasteiger partial charge >= 0.3 is 0 Å². The molecule has 1 heterocycles. The molecular weight excluding hydrogens is 346 g/mol. The number of hydrogen-bond donors (Lipinski definition) is 3. The van der Waals surface area contributed by atoms with E-state index in [0.717, 1.165) is 5.56 Å². The average Bonchev–Trinajstić information content (AvgIpc) is 2.66. The van der Waals surface area contributed by atoms with Crippen molar-refractivity contribution in [3.05, 3.63) is 76.1 Å². The Morgan fingerprint density at radius 3 is 2.70 bits per heavy atom. The van der Waals surface area contributed by atoms with Crippen molar-refractivity contribution in [2.24, 2.45) is 0 Å². The third-order valence-corrected chi connectivity index (χ3v) is 3.93. The van der Waals surface area contributed by atoms with Crippen LogP contribution >= 0.6 is 0 Å². The van der Waals surface area contributed by atoms with Crippen LogP contribution in [0.2, 0.25) is 0 Å². The summed E-state index contributed by atoms with van der Waals surface area (Å²) in [6.45, 7) is 0.227. The van der Waals surface area contributed by atoms with E-state index in [0.29, 0.717) is 22.2 Å². The van der Waals surface area contributed by atoms with Crippen LogP contribution in [0.25, 0.3) is 10.9 Å². The summed E-state index contributed by atoms with van der Waals surface area (Å²) in [6, 6.07) is 15.6. The molecule has 138 valence electrons. The van der Waals surface area contributed by atoms with Crippen molar-refractivity contribution in [2.45, 2.75) is 6.54 Å². The lowest BCUT2D eigenvalue weighted by molar-refractivity contribution is -0.119. The zero-order chi connectivity index (χ0) is 19.2. The molecule has 0 spiro atoms. The minimum atomic E-state index is -0.342. The van der Waals surface area contributed by atoms with Gasteiger partial charge in [-0.25, -0.2) is 0 Å². The standard InChI is InChI=1S/C20H19N3O4/c1-27-12-19(25)22-14-6-4-5-13(9-14)11-21-20(26)16-10-18(24)23-17-8-3-2-7-15(16)17/h2-10H,11-12H2,1H3,(H,21,26)(H,22,25)(H,23,24). The molecule has 7 nitrogen and oxygen atoms in total. The summed E-state index contributed by atoms with van der Waals surface area (Å²) in [7, 11) is 1.45. The number of pyridine rings is 1. The molecule has 0 saturated heterocycles. The molecule has 0 atom stereocenters. The number of benzene rings is 2. The first-order chi connectivity index (χ1) is 13.1. The summed E-state index contributed by atoms with van der Waals surface area (Å²) in [4.78, 5) is 38.7. The number of hydrogen-bond acceptors (Lipinski definition) is 4. The van der Waals surface area contributed by atoms with Crippen LogP contribution in [0.4, 0.5) is 5.69 Å². The van der Waals surface area contributed by atoms with E-state index in [9.17, 15) is 14.4 Å². The summed E-state index contributed by atoms with van der Waals surface area (Å²) in [5, 5.41) is 6.20. The SMILES string of the molecule is COCC(=O)Nc1cccc(CNC(=O)c2cc(=O)[nH]c3ccccc23)c1. The first-order valence-electron chi connectivity index (χ1n) is 8.35. The Labute approximate surface area is 155 Å². The van der Waals surface area contributed by atoms with Gasteiger partial charge in [0.2, 0.25) is 11.5 Å². The number of anilines is 1. The van der Waals surface area contributed by atoms with Gasteiger partial charge in [0.25, 0.3) is 5.91 Å². The number of fused-ring (bicyclic) bond motifs is 1. The van der Waals surface area contributed by atoms with E-state index in [-0.39, 0.29) is 30.5 Å². The molecule has 0 fully saturated rings. The predicted molar refractivity (Wildman–Crippen MR) is 103 cm³/mol. The summed E-state index contributed by atoms with van der Waals surface area (Å²) in [5.74, 6) is -0.597. The van der Waals surface area contributed by atoms with Crippen LogP contribution in [0.15, 0.2) is 59.4 Å². The summed E-state index contributed by atoms with van der Waals surface area (Å²) < 4.78 is 4.78. The Morgan fingerprint density at radius 2 is 1.89 bits per heavy atom. The molecule has 2 aromatic carbocycles. The molecule has 3 aromatic rings. The Hall–Kier alpha value is -3.45. The molecule has 2 amide bonds. The van der Waals surface area contributed by atoms with Gasteiger partial charge in [-0.3, -0.25) is 14.4 Å². The van der Waals surface area contributed by atoms with E-state index in [1.165, 1.54) is 13.2 Å². The predicted octanol–water partition coefficient (Wildman–Crippen LogP) is 2.04. The quantitative estimate of drug-likeness (QED) is 0.622. The van der Waals surface area contributed by atoms with Crippen molar-refractivity contribution >= 4 is 28.4 Å². The van der Waals surface area contributed by atoms with Crippen molar-refractivity contribution < 1.29 is 14.3 Å². The highest BCUT2D eigenvalue weighted by molar-refractivity contribution is 6.05. The monoisotopic (exact) mass is 365 g/mol. The third kappa shape index (κ3) is 4.59. The van der Waals surface area contributed by atoms with Gasteiger partial charge in [-0.1, -0.05) is 30.3 Å². The number of H-pyrrole nitrogens is 1. The van der Waals surface area contributed by atoms with Crippen LogP contribution in [-0.4, -0.2) is 30.5 Å². The molecule has 1 aromatic heterocycles. The number of amides is 2. The first-order valence-corrected chi connectivity index (χ1v) is 8.35. The molecule has 0 aliphatic rings. The molecule has 3 rings (SSSR count). The number of rotatable bonds is 6. The van der Waals surface area contributed by atoms with Gasteiger partial charge in [-0.2, -0.15) is 0 Å². The lowest BCUT2D eigenvalue weighted by Gasteiger charge is -2.10. The number of aromatic nitrogens is 1. The van der Waals surface area contributed by atoms with Gasteiger partial charge in [-0.05, 0) is 23.8 Å². The number of methoxy groups -OCH3 is 1. The van der Waals surface area contributed by atoms with E-state index < -0.39 is 0 Å². The molecule has 0 aliphatic heterocycles. The number of nitrogens with one attached hydrogen (secondary N) is 3. The van der Waals surface area contributed by atoms with Gasteiger partial charge in [-0.15, -0.1) is 0 Å². The van der Waals surface area contributed by atoms with Crippen molar-refractivity contribution in [1.82, 2.24) is 10.3 Å². The van der Waals surface area contributed by atoms with Crippen LogP contribution in [0.1, 0.15) is 15.9 Å². The van der Waals surface area contributed by atoms with Gasteiger partial charge < -0.3 is 20.4 Å². The van der Waals surface area contributed by atoms with Gasteiger partial charge in [0, 0.05) is 36.3 Å². The number of carbonyl (C=O) groups excluding carboxylic acids is 2. The number of carbonyl (C=O) groups is 2. The molecule has 0 saturated carbocycles. The second-order valence-electron chi connectivity index (χ2n) is 5.96. The summed E-state index contributed by atoms with van der Waals surface area (Å²) >= 11 is 0. The van der Waals surface area contributed by atoms with E-state index in [4.69, 9.17) is 4.74 Å². The molecular formula is C20H19N3O4. The van der Waals surface area contributed by atoms with E-state index in [2.05, 4.69) is 15.6 Å². The number of aromatic amines is 1. The number of ether oxygens (including phenoxy) is 1. The van der Waals surface area contributed by atoms with Crippen molar-refractivity contribution in [3.63, 3.8) is 0 Å². The molecule has 3 N–H and O–H groups in total. The summed E-state index contributed by atoms with van der Waals surface area (Å²) in [5.41, 5.74) is 2.02. The highest BCUT2D eigenvalue weighted by Gasteiger charge is 2.11. The van der Waals surface area contributed by atoms with Crippen LogP contribution in [-0.2, 0) is 16.1 Å². The summed E-state index contributed by atoms with van der Waals surface area (Å²) in [6.07, 6.45) is 0. The second-order valence-corrected chi connectivity index (χ2v) is 5.96. The third-order valence-electron chi connectivity index (χ3n) is 3.93. The Morgan fingerprint density at radius 1 is 1.07 bits per heavy atom. The van der Waals surface area contributed by atoms with Gasteiger partial charge in [0.1, 0.15) is 6.61 Å². The Balaban J connectivity index is 1.73. The van der Waals surface area contributed by atoms with Crippen LogP contribution in [0.3, 0.4) is 0 Å². The smallest absolute Gasteiger partial charge is 0.252 e. The molecule has 7 heteroatoms. The fourth-order valence-electron chi connectivity index (χ4n) is 2.76. The van der Waals surface area contributed by atoms with E-state index in [1.807, 2.05) is 12.1 Å². The second kappa shape index (κ2) is 8.29. The topological polar surface area (TPSA) is 100 Å². The lowest BCUT2D eigenvalue weighted by atomic mass is 10.1. The minimum Gasteiger partial charge on any atom is -0.375 e. The van der Waals surface area contributed by atoms with Crippen LogP contribution in [0, 0.1) is 0 Å². The largest absolute Gasteiger partial charge is 0.375 e. The Kier molecular flexibility index (Phi) is 5.63. The zero-order valence-corrected chi connectivity index (χ0v) is 14.7. The first kappa shape index (κ1) is 18.3. The normalized spacial score (nSPS) is 10.6. The zero-order valence-electron chi connectivity index (χ0n) is 14.7. The van der Waals surface area contributed by atoms with Crippen LogP contribution < -0.4 is 16.2 Å². The fraction of sp³-hybridized carbons (Fsp3) is 0.150. The van der Waals surface area contributed by atoms with Crippen molar-refractivity contribution in [1.29, 1.82) is 0 Å². The molecule has 0 aliphatic carbocycles. The lowest BCUT2D eigenvalue weighted by Crippen LogP contribution is -2.25. The average molecular weight is 365 g/mol. The molecule has 0 unspecified atom stereocenters. The molecule has 0 bridgehead atoms. The Bertz CT molecular complexity index is 1040. The highest BCUT2D eigenvalue weighted by atomic mass is 16.5. The van der Waals surface area contributed by atoms with E-state index in [1.54, 1.807) is 36.4 Å². The highest BCUT2D eigenvalue weighted by Crippen LogP contribution is 2.15. The van der Waals surface area contributed by atoms with Crippen molar-refractivity contribution in [3.8, 4) is 0 Å². The molecule has 27 heavy (non-hydrogen) atoms. The maximum absolute atomic E-state index is 12.6. The van der Waals surface area contributed by atoms with Crippen molar-refractivity contribution in [2.75, 3.05) is 19.0 Å². The molecule has 0 radical (unpaired) electrons. The van der Waals surface area contributed by atoms with Gasteiger partial charge in [0.05, 0.1) is 5.56 Å². The maximum atomic E-state index is 12.6. The minimum absolute atomic E-state index is 0.0312. The van der Waals surface area contributed by atoms with Gasteiger partial charge in [0.15, 0.2) is 0 Å².